The average molecular weight is 349 g/mol. The van der Waals surface area contributed by atoms with E-state index in [2.05, 4.69) is 31.5 Å². The smallest absolute Gasteiger partial charge is 0.143 e. The van der Waals surface area contributed by atoms with Crippen LogP contribution in [0, 0.1) is 5.82 Å². The molecule has 21 heavy (non-hydrogen) atoms. The number of ether oxygens (including phenoxy) is 1. The van der Waals surface area contributed by atoms with Crippen LogP contribution in [0.4, 0.5) is 4.39 Å². The van der Waals surface area contributed by atoms with Crippen LogP contribution in [-0.4, -0.2) is 20.2 Å². The van der Waals surface area contributed by atoms with E-state index in [-0.39, 0.29) is 12.4 Å². The molecule has 0 N–H and O–H groups in total. The van der Waals surface area contributed by atoms with E-state index in [0.29, 0.717) is 15.8 Å². The second-order valence-electron chi connectivity index (χ2n) is 4.27. The van der Waals surface area contributed by atoms with Crippen LogP contribution in [0.3, 0.4) is 0 Å². The Kier molecular flexibility index (Phi) is 3.92. The number of halogens is 2. The highest BCUT2D eigenvalue weighted by atomic mass is 79.9. The van der Waals surface area contributed by atoms with Crippen LogP contribution < -0.4 is 4.74 Å². The van der Waals surface area contributed by atoms with Crippen molar-refractivity contribution in [1.82, 2.24) is 20.2 Å². The average Bonchev–Trinajstić information content (AvgIpc) is 3.01. The number of tetrazole rings is 1. The topological polar surface area (TPSA) is 52.8 Å². The highest BCUT2D eigenvalue weighted by Crippen LogP contribution is 2.19. The van der Waals surface area contributed by atoms with Gasteiger partial charge in [0.15, 0.2) is 0 Å². The molecule has 5 nitrogen and oxygen atoms in total. The van der Waals surface area contributed by atoms with Gasteiger partial charge in [-0.1, -0.05) is 22.0 Å². The van der Waals surface area contributed by atoms with Gasteiger partial charge in [0.05, 0.1) is 5.69 Å². The van der Waals surface area contributed by atoms with Crippen molar-refractivity contribution in [2.75, 3.05) is 0 Å². The predicted octanol–water partition coefficient (Wildman–Crippen LogP) is 3.14. The van der Waals surface area contributed by atoms with Gasteiger partial charge in [-0.2, -0.15) is 0 Å². The van der Waals surface area contributed by atoms with E-state index in [9.17, 15) is 4.39 Å². The Balaban J connectivity index is 1.68. The number of hydrogen-bond acceptors (Lipinski definition) is 4. The van der Waals surface area contributed by atoms with Crippen LogP contribution in [-0.2, 0) is 6.61 Å². The van der Waals surface area contributed by atoms with Crippen LogP contribution in [0.1, 0.15) is 5.56 Å². The molecule has 0 saturated carbocycles. The van der Waals surface area contributed by atoms with Crippen LogP contribution in [0.25, 0.3) is 5.69 Å². The molecule has 1 heterocycles. The van der Waals surface area contributed by atoms with Gasteiger partial charge in [0.2, 0.25) is 0 Å². The molecule has 0 bridgehead atoms. The van der Waals surface area contributed by atoms with Gasteiger partial charge >= 0.3 is 0 Å². The van der Waals surface area contributed by atoms with E-state index < -0.39 is 0 Å². The summed E-state index contributed by atoms with van der Waals surface area (Å²) in [5, 5.41) is 10.9. The molecule has 0 unspecified atom stereocenters. The van der Waals surface area contributed by atoms with Gasteiger partial charge in [0.1, 0.15) is 24.5 Å². The van der Waals surface area contributed by atoms with Crippen molar-refractivity contribution in [2.24, 2.45) is 0 Å². The molecule has 0 spiro atoms. The van der Waals surface area contributed by atoms with Crippen LogP contribution >= 0.6 is 15.9 Å². The Morgan fingerprint density at radius 2 is 1.95 bits per heavy atom. The van der Waals surface area contributed by atoms with Gasteiger partial charge < -0.3 is 4.74 Å². The maximum absolute atomic E-state index is 13.7. The van der Waals surface area contributed by atoms with Crippen molar-refractivity contribution in [3.05, 3.63) is 64.6 Å². The van der Waals surface area contributed by atoms with Crippen molar-refractivity contribution in [1.29, 1.82) is 0 Å². The molecule has 2 aromatic carbocycles. The first-order valence-electron chi connectivity index (χ1n) is 6.12. The Labute approximate surface area is 128 Å². The number of hydrogen-bond donors (Lipinski definition) is 0. The van der Waals surface area contributed by atoms with Gasteiger partial charge in [0, 0.05) is 10.0 Å². The standard InChI is InChI=1S/C14H10BrFN4O/c15-11-2-1-10(14(16)7-11)8-21-13-5-3-12(4-6-13)20-9-17-18-19-20/h1-7,9H,8H2. The highest BCUT2D eigenvalue weighted by Gasteiger charge is 2.04. The SMILES string of the molecule is Fc1cc(Br)ccc1COc1ccc(-n2cnnn2)cc1. The molecule has 0 radical (unpaired) electrons. The lowest BCUT2D eigenvalue weighted by atomic mass is 10.2. The molecule has 0 aliphatic heterocycles. The summed E-state index contributed by atoms with van der Waals surface area (Å²) in [5.41, 5.74) is 1.32. The maximum Gasteiger partial charge on any atom is 0.143 e. The van der Waals surface area contributed by atoms with E-state index in [1.54, 1.807) is 24.3 Å². The fourth-order valence-corrected chi connectivity index (χ4v) is 2.11. The van der Waals surface area contributed by atoms with Crippen molar-refractivity contribution in [3.8, 4) is 11.4 Å². The molecule has 0 aliphatic rings. The van der Waals surface area contributed by atoms with Crippen molar-refractivity contribution in [2.45, 2.75) is 6.61 Å². The minimum Gasteiger partial charge on any atom is -0.489 e. The maximum atomic E-state index is 13.7. The molecular weight excluding hydrogens is 339 g/mol. The molecule has 1 aromatic heterocycles. The molecule has 3 aromatic rings. The molecule has 0 aliphatic carbocycles. The van der Waals surface area contributed by atoms with Crippen LogP contribution in [0.5, 0.6) is 5.75 Å². The third-order valence-corrected chi connectivity index (χ3v) is 3.35. The zero-order valence-corrected chi connectivity index (χ0v) is 12.4. The largest absolute Gasteiger partial charge is 0.489 e. The quantitative estimate of drug-likeness (QED) is 0.726. The highest BCUT2D eigenvalue weighted by molar-refractivity contribution is 9.10. The summed E-state index contributed by atoms with van der Waals surface area (Å²) in [6, 6.07) is 12.1. The molecule has 0 amide bonds. The van der Waals surface area contributed by atoms with Crippen LogP contribution in [0.2, 0.25) is 0 Å². The lowest BCUT2D eigenvalue weighted by Gasteiger charge is -2.08. The predicted molar refractivity (Wildman–Crippen MR) is 77.6 cm³/mol. The third-order valence-electron chi connectivity index (χ3n) is 2.86. The van der Waals surface area contributed by atoms with Crippen molar-refractivity contribution >= 4 is 15.9 Å². The third kappa shape index (κ3) is 3.25. The number of nitrogens with zero attached hydrogens (tertiary/aromatic N) is 4. The molecule has 3 rings (SSSR count). The van der Waals surface area contributed by atoms with Crippen LogP contribution in [0.15, 0.2) is 53.3 Å². The van der Waals surface area contributed by atoms with Gasteiger partial charge in [-0.15, -0.1) is 5.10 Å². The number of aromatic nitrogens is 4. The lowest BCUT2D eigenvalue weighted by Crippen LogP contribution is -1.99. The fourth-order valence-electron chi connectivity index (χ4n) is 1.77. The van der Waals surface area contributed by atoms with E-state index in [1.165, 1.54) is 17.1 Å². The lowest BCUT2D eigenvalue weighted by molar-refractivity contribution is 0.300. The molecule has 0 saturated heterocycles. The van der Waals surface area contributed by atoms with Crippen molar-refractivity contribution < 1.29 is 9.13 Å². The Hall–Kier alpha value is -2.28. The zero-order chi connectivity index (χ0) is 14.7. The Morgan fingerprint density at radius 3 is 2.62 bits per heavy atom. The summed E-state index contributed by atoms with van der Waals surface area (Å²) in [6.45, 7) is 0.170. The molecule has 0 fully saturated rings. The summed E-state index contributed by atoms with van der Waals surface area (Å²) in [7, 11) is 0. The summed E-state index contributed by atoms with van der Waals surface area (Å²) < 4.78 is 21.5. The van der Waals surface area contributed by atoms with E-state index in [0.717, 1.165) is 5.69 Å². The summed E-state index contributed by atoms with van der Waals surface area (Å²) >= 11 is 3.22. The Bertz CT molecular complexity index is 731. The first-order chi connectivity index (χ1) is 10.2. The first kappa shape index (κ1) is 13.7. The number of rotatable bonds is 4. The second-order valence-corrected chi connectivity index (χ2v) is 5.19. The minimum absolute atomic E-state index is 0.170. The fraction of sp³-hybridized carbons (Fsp3) is 0.0714. The minimum atomic E-state index is -0.297. The van der Waals surface area contributed by atoms with E-state index in [4.69, 9.17) is 4.74 Å². The van der Waals surface area contributed by atoms with E-state index >= 15 is 0 Å². The van der Waals surface area contributed by atoms with E-state index in [1.807, 2.05) is 12.1 Å². The van der Waals surface area contributed by atoms with Gasteiger partial charge in [-0.3, -0.25) is 0 Å². The summed E-state index contributed by atoms with van der Waals surface area (Å²) in [5.74, 6) is 0.351. The molecule has 7 heteroatoms. The van der Waals surface area contributed by atoms with Gasteiger partial charge in [0.25, 0.3) is 0 Å². The molecular formula is C14H10BrFN4O. The number of benzene rings is 2. The monoisotopic (exact) mass is 348 g/mol. The first-order valence-corrected chi connectivity index (χ1v) is 6.92. The van der Waals surface area contributed by atoms with Gasteiger partial charge in [-0.25, -0.2) is 9.07 Å². The van der Waals surface area contributed by atoms with Crippen molar-refractivity contribution in [3.63, 3.8) is 0 Å². The second kappa shape index (κ2) is 6.01. The molecule has 106 valence electrons. The normalized spacial score (nSPS) is 10.6. The Morgan fingerprint density at radius 1 is 1.14 bits per heavy atom. The molecule has 0 atom stereocenters. The zero-order valence-electron chi connectivity index (χ0n) is 10.8. The van der Waals surface area contributed by atoms with Gasteiger partial charge in [-0.05, 0) is 46.8 Å². The summed E-state index contributed by atoms with van der Waals surface area (Å²) in [6.07, 6.45) is 1.51. The summed E-state index contributed by atoms with van der Waals surface area (Å²) in [4.78, 5) is 0.